The number of hydrogen-bond acceptors (Lipinski definition) is 3. The van der Waals surface area contributed by atoms with Crippen LogP contribution in [0.25, 0.3) is 5.53 Å². The molecule has 100 valence electrons. The van der Waals surface area contributed by atoms with Crippen LogP contribution in [0, 0.1) is 5.92 Å². The summed E-state index contributed by atoms with van der Waals surface area (Å²) in [6.07, 6.45) is 1.73. The lowest BCUT2D eigenvalue weighted by molar-refractivity contribution is -0.121. The van der Waals surface area contributed by atoms with Crippen LogP contribution in [0.15, 0.2) is 0 Å². The predicted molar refractivity (Wildman–Crippen MR) is 65.2 cm³/mol. The summed E-state index contributed by atoms with van der Waals surface area (Å²) in [5.74, 6) is -0.360. The molecule has 0 aromatic heterocycles. The van der Waals surface area contributed by atoms with Crippen molar-refractivity contribution in [3.8, 4) is 0 Å². The number of ketones is 1. The highest BCUT2D eigenvalue weighted by Gasteiger charge is 2.30. The molecule has 0 bridgehead atoms. The van der Waals surface area contributed by atoms with Gasteiger partial charge in [0, 0.05) is 19.0 Å². The average Bonchev–Trinajstić information content (AvgIpc) is 2.27. The minimum atomic E-state index is -0.507. The van der Waals surface area contributed by atoms with Gasteiger partial charge in [-0.2, -0.15) is 4.79 Å². The number of carbonyl (C=O) groups excluding carboxylic acids is 2. The summed E-state index contributed by atoms with van der Waals surface area (Å²) in [6.45, 7) is 6.44. The first-order valence-electron chi connectivity index (χ1n) is 6.02. The van der Waals surface area contributed by atoms with Crippen LogP contribution in [0.2, 0.25) is 0 Å². The SMILES string of the molecule is CC(C)(C)OC(=O)N1CCC([14C](=O)C=[N+]=[N-])CC1. The van der Waals surface area contributed by atoms with Crippen molar-refractivity contribution in [3.05, 3.63) is 5.53 Å². The van der Waals surface area contributed by atoms with Crippen LogP contribution in [0.5, 0.6) is 0 Å². The first-order valence-corrected chi connectivity index (χ1v) is 6.02. The lowest BCUT2D eigenvalue weighted by atomic mass is 10.1. The molecule has 1 aliphatic heterocycles. The highest BCUT2D eigenvalue weighted by molar-refractivity contribution is 6.26. The van der Waals surface area contributed by atoms with Crippen molar-refractivity contribution in [1.29, 1.82) is 0 Å². The second-order valence-corrected chi connectivity index (χ2v) is 5.39. The van der Waals surface area contributed by atoms with Gasteiger partial charge >= 0.3 is 12.3 Å². The summed E-state index contributed by atoms with van der Waals surface area (Å²) < 4.78 is 5.26. The molecule has 1 saturated heterocycles. The molecule has 1 amide bonds. The van der Waals surface area contributed by atoms with E-state index in [4.69, 9.17) is 10.3 Å². The van der Waals surface area contributed by atoms with Crippen LogP contribution in [-0.2, 0) is 9.53 Å². The highest BCUT2D eigenvalue weighted by Crippen LogP contribution is 2.19. The summed E-state index contributed by atoms with van der Waals surface area (Å²) >= 11 is 0. The molecule has 0 unspecified atom stereocenters. The van der Waals surface area contributed by atoms with E-state index >= 15 is 0 Å². The Morgan fingerprint density at radius 3 is 2.44 bits per heavy atom. The monoisotopic (exact) mass is 255 g/mol. The van der Waals surface area contributed by atoms with E-state index in [0.717, 1.165) is 6.21 Å². The molecule has 0 aromatic rings. The van der Waals surface area contributed by atoms with Gasteiger partial charge in [0.25, 0.3) is 0 Å². The molecule has 18 heavy (non-hydrogen) atoms. The van der Waals surface area contributed by atoms with Gasteiger partial charge in [-0.05, 0) is 33.6 Å². The summed E-state index contributed by atoms with van der Waals surface area (Å²) in [6, 6.07) is 0. The van der Waals surface area contributed by atoms with E-state index in [2.05, 4.69) is 4.79 Å². The molecule has 0 aromatic carbocycles. The lowest BCUT2D eigenvalue weighted by Gasteiger charge is -2.32. The number of carbonyl (C=O) groups is 2. The van der Waals surface area contributed by atoms with Gasteiger partial charge in [-0.1, -0.05) is 0 Å². The van der Waals surface area contributed by atoms with Crippen molar-refractivity contribution >= 4 is 18.1 Å². The molecular weight excluding hydrogens is 236 g/mol. The zero-order valence-corrected chi connectivity index (χ0v) is 11.0. The number of nitrogens with zero attached hydrogens (tertiary/aromatic N) is 3. The smallest absolute Gasteiger partial charge is 0.410 e. The standard InChI is InChI=1S/C12H19N3O3/c1-12(2,3)18-11(17)15-6-4-9(5-7-15)10(16)8-14-13/h8-9H,4-7H2,1-3H3/i10+2. The molecule has 0 aliphatic carbocycles. The first-order chi connectivity index (χ1) is 8.33. The molecule has 6 heteroatoms. The Balaban J connectivity index is 2.46. The van der Waals surface area contributed by atoms with Crippen LogP contribution in [0.3, 0.4) is 0 Å². The Bertz CT molecular complexity index is 373. The van der Waals surface area contributed by atoms with Crippen molar-refractivity contribution in [2.24, 2.45) is 5.92 Å². The number of rotatable bonds is 2. The minimum absolute atomic E-state index is 0.167. The number of piperidine rings is 1. The molecular formula is C12H19N3O3. The predicted octanol–water partition coefficient (Wildman–Crippen LogP) is 1.50. The van der Waals surface area contributed by atoms with Gasteiger partial charge < -0.3 is 15.2 Å². The Morgan fingerprint density at radius 2 is 2.00 bits per heavy atom. The average molecular weight is 255 g/mol. The fourth-order valence-electron chi connectivity index (χ4n) is 1.84. The van der Waals surface area contributed by atoms with Crippen molar-refractivity contribution in [2.45, 2.75) is 39.2 Å². The summed E-state index contributed by atoms with van der Waals surface area (Å²) in [5.41, 5.74) is 7.79. The van der Waals surface area contributed by atoms with Gasteiger partial charge in [0.1, 0.15) is 5.60 Å². The molecule has 0 saturated carbocycles. The number of Topliss-reactive ketones (excluding diaryl/α,β-unsaturated/α-hetero) is 1. The zero-order valence-electron chi connectivity index (χ0n) is 11.0. The second kappa shape index (κ2) is 5.78. The Morgan fingerprint density at radius 1 is 1.44 bits per heavy atom. The fourth-order valence-corrected chi connectivity index (χ4v) is 1.84. The van der Waals surface area contributed by atoms with E-state index in [1.807, 2.05) is 20.8 Å². The number of likely N-dealkylation sites (tertiary alicyclic amines) is 1. The largest absolute Gasteiger partial charge is 0.444 e. The van der Waals surface area contributed by atoms with Gasteiger partial charge in [0.15, 0.2) is 0 Å². The van der Waals surface area contributed by atoms with Gasteiger partial charge in [0.2, 0.25) is 5.78 Å². The molecule has 1 aliphatic rings. The summed E-state index contributed by atoms with van der Waals surface area (Å²) in [4.78, 5) is 27.6. The van der Waals surface area contributed by atoms with Gasteiger partial charge in [-0.25, -0.2) is 4.79 Å². The normalized spacial score (nSPS) is 16.9. The maximum atomic E-state index is 11.8. The second-order valence-electron chi connectivity index (χ2n) is 5.39. The lowest BCUT2D eigenvalue weighted by Crippen LogP contribution is -2.43. The third kappa shape index (κ3) is 4.30. The van der Waals surface area contributed by atoms with Crippen LogP contribution in [-0.4, -0.2) is 46.5 Å². The van der Waals surface area contributed by atoms with Crippen LogP contribution < -0.4 is 0 Å². The Kier molecular flexibility index (Phi) is 4.62. The molecule has 1 heterocycles. The van der Waals surface area contributed by atoms with E-state index in [1.54, 1.807) is 4.90 Å². The minimum Gasteiger partial charge on any atom is -0.444 e. The quantitative estimate of drug-likeness (QED) is 0.426. The van der Waals surface area contributed by atoms with Crippen LogP contribution in [0.1, 0.15) is 33.6 Å². The maximum Gasteiger partial charge on any atom is 0.410 e. The molecule has 0 atom stereocenters. The molecule has 0 spiro atoms. The van der Waals surface area contributed by atoms with Crippen molar-refractivity contribution in [3.63, 3.8) is 0 Å². The number of ether oxygens (including phenoxy) is 1. The van der Waals surface area contributed by atoms with E-state index < -0.39 is 5.60 Å². The van der Waals surface area contributed by atoms with E-state index in [1.165, 1.54) is 0 Å². The van der Waals surface area contributed by atoms with Crippen LogP contribution in [0.4, 0.5) is 4.79 Å². The van der Waals surface area contributed by atoms with Gasteiger partial charge in [0.05, 0.1) is 0 Å². The number of hydrogen-bond donors (Lipinski definition) is 0. The Hall–Kier alpha value is -1.68. The van der Waals surface area contributed by atoms with E-state index in [0.29, 0.717) is 25.9 Å². The summed E-state index contributed by atoms with van der Waals surface area (Å²) in [7, 11) is 0. The fraction of sp³-hybridized carbons (Fsp3) is 0.750. The van der Waals surface area contributed by atoms with E-state index in [9.17, 15) is 9.59 Å². The van der Waals surface area contributed by atoms with Crippen molar-refractivity contribution in [2.75, 3.05) is 13.1 Å². The number of amides is 1. The van der Waals surface area contributed by atoms with E-state index in [-0.39, 0.29) is 17.8 Å². The third-order valence-corrected chi connectivity index (χ3v) is 2.73. The molecule has 0 N–H and O–H groups in total. The third-order valence-electron chi connectivity index (χ3n) is 2.73. The molecule has 1 fully saturated rings. The topological polar surface area (TPSA) is 83.0 Å². The highest BCUT2D eigenvalue weighted by atomic mass is 16.6. The molecule has 0 radical (unpaired) electrons. The maximum absolute atomic E-state index is 11.8. The molecule has 6 nitrogen and oxygen atoms in total. The zero-order chi connectivity index (χ0) is 13.8. The van der Waals surface area contributed by atoms with Gasteiger partial charge in [-0.3, -0.25) is 4.79 Å². The van der Waals surface area contributed by atoms with Crippen molar-refractivity contribution < 1.29 is 19.1 Å². The van der Waals surface area contributed by atoms with Crippen LogP contribution >= 0.6 is 0 Å². The van der Waals surface area contributed by atoms with Crippen molar-refractivity contribution in [1.82, 2.24) is 4.90 Å². The molecule has 1 rings (SSSR count). The Labute approximate surface area is 107 Å². The first kappa shape index (κ1) is 14.4. The summed E-state index contributed by atoms with van der Waals surface area (Å²) in [5, 5.41) is 0. The van der Waals surface area contributed by atoms with Gasteiger partial charge in [-0.15, -0.1) is 0 Å².